The van der Waals surface area contributed by atoms with Crippen LogP contribution >= 0.6 is 0 Å². The number of nitrogens with zero attached hydrogens (tertiary/aromatic N) is 2. The van der Waals surface area contributed by atoms with Gasteiger partial charge in [-0.3, -0.25) is 4.90 Å². The van der Waals surface area contributed by atoms with Gasteiger partial charge in [-0.1, -0.05) is 12.5 Å². The van der Waals surface area contributed by atoms with Crippen molar-refractivity contribution in [3.63, 3.8) is 0 Å². The minimum absolute atomic E-state index is 0.878. The molecule has 4 aliphatic rings. The zero-order valence-corrected chi connectivity index (χ0v) is 10.8. The molecule has 4 heterocycles. The molecule has 4 aliphatic heterocycles. The fraction of sp³-hybridized carbons (Fsp3) is 0.867. The minimum Gasteiger partial charge on any atom is -0.374 e. The fourth-order valence-corrected chi connectivity index (χ4v) is 4.76. The van der Waals surface area contributed by atoms with E-state index in [1.54, 1.807) is 5.70 Å². The maximum atomic E-state index is 2.83. The molecule has 4 rings (SSSR count). The Bertz CT molecular complexity index is 336. The molecular formula is C15H24N2. The average molecular weight is 232 g/mol. The van der Waals surface area contributed by atoms with Gasteiger partial charge >= 0.3 is 0 Å². The first-order valence-electron chi connectivity index (χ1n) is 7.61. The smallest absolute Gasteiger partial charge is 0.0218 e. The molecule has 0 radical (unpaired) electrons. The van der Waals surface area contributed by atoms with Crippen LogP contribution in [0.25, 0.3) is 0 Å². The molecular weight excluding hydrogens is 208 g/mol. The van der Waals surface area contributed by atoms with E-state index in [0.717, 1.165) is 17.9 Å². The standard InChI is InChI=1S/C15H24N2/c1-3-7-16-11-13-9-12(14(16)5-1)10-17-8-4-2-6-15(13)17/h5,12-13,15H,1-4,6-11H2/t12-,13+,15+/m0/s1. The van der Waals surface area contributed by atoms with E-state index in [2.05, 4.69) is 15.9 Å². The van der Waals surface area contributed by atoms with E-state index in [4.69, 9.17) is 0 Å². The molecule has 0 unspecified atom stereocenters. The molecule has 0 aliphatic carbocycles. The second-order valence-corrected chi connectivity index (χ2v) is 6.47. The molecule has 0 aromatic rings. The molecule has 0 spiro atoms. The van der Waals surface area contributed by atoms with Crippen molar-refractivity contribution < 1.29 is 0 Å². The van der Waals surface area contributed by atoms with Crippen molar-refractivity contribution in [3.8, 4) is 0 Å². The first-order valence-corrected chi connectivity index (χ1v) is 7.61. The lowest BCUT2D eigenvalue weighted by atomic mass is 9.74. The Morgan fingerprint density at radius 3 is 3.06 bits per heavy atom. The van der Waals surface area contributed by atoms with Crippen molar-refractivity contribution in [3.05, 3.63) is 11.8 Å². The topological polar surface area (TPSA) is 6.48 Å². The first-order chi connectivity index (χ1) is 8.42. The highest BCUT2D eigenvalue weighted by Crippen LogP contribution is 2.42. The van der Waals surface area contributed by atoms with Gasteiger partial charge in [-0.2, -0.15) is 0 Å². The predicted molar refractivity (Wildman–Crippen MR) is 69.7 cm³/mol. The van der Waals surface area contributed by atoms with Gasteiger partial charge in [-0.25, -0.2) is 0 Å². The van der Waals surface area contributed by atoms with E-state index < -0.39 is 0 Å². The summed E-state index contributed by atoms with van der Waals surface area (Å²) in [7, 11) is 0. The van der Waals surface area contributed by atoms with Gasteiger partial charge in [0.05, 0.1) is 0 Å². The molecule has 2 heteroatoms. The number of rotatable bonds is 0. The fourth-order valence-electron chi connectivity index (χ4n) is 4.76. The molecule has 94 valence electrons. The highest BCUT2D eigenvalue weighted by atomic mass is 15.2. The van der Waals surface area contributed by atoms with Gasteiger partial charge in [-0.15, -0.1) is 0 Å². The van der Waals surface area contributed by atoms with E-state index in [-0.39, 0.29) is 0 Å². The van der Waals surface area contributed by atoms with Crippen LogP contribution in [0.15, 0.2) is 11.8 Å². The van der Waals surface area contributed by atoms with Crippen LogP contribution < -0.4 is 0 Å². The number of hydrogen-bond donors (Lipinski definition) is 0. The summed E-state index contributed by atoms with van der Waals surface area (Å²) < 4.78 is 0. The zero-order valence-electron chi connectivity index (χ0n) is 10.8. The molecule has 0 amide bonds. The molecule has 0 N–H and O–H groups in total. The number of allylic oxidation sites excluding steroid dienone is 1. The molecule has 3 fully saturated rings. The monoisotopic (exact) mass is 232 g/mol. The number of hydrogen-bond acceptors (Lipinski definition) is 2. The Hall–Kier alpha value is -0.500. The maximum absolute atomic E-state index is 2.83. The molecule has 2 nitrogen and oxygen atoms in total. The van der Waals surface area contributed by atoms with Gasteiger partial charge in [0.2, 0.25) is 0 Å². The highest BCUT2D eigenvalue weighted by molar-refractivity contribution is 5.16. The van der Waals surface area contributed by atoms with Crippen LogP contribution in [-0.2, 0) is 0 Å². The SMILES string of the molecule is C1=C2[C@H]3C[C@H](CN2CCC1)[C@H]1CCCCN1C3. The summed E-state index contributed by atoms with van der Waals surface area (Å²) in [6, 6.07) is 0.934. The Labute approximate surface area is 105 Å². The van der Waals surface area contributed by atoms with E-state index >= 15 is 0 Å². The number of piperidine rings is 3. The van der Waals surface area contributed by atoms with Crippen molar-refractivity contribution in [2.45, 2.75) is 44.6 Å². The molecule has 0 aromatic carbocycles. The predicted octanol–water partition coefficient (Wildman–Crippen LogP) is 2.47. The van der Waals surface area contributed by atoms with Gasteiger partial charge < -0.3 is 4.90 Å². The van der Waals surface area contributed by atoms with Crippen LogP contribution in [-0.4, -0.2) is 42.0 Å². The van der Waals surface area contributed by atoms with Crippen molar-refractivity contribution in [1.29, 1.82) is 0 Å². The molecule has 0 saturated carbocycles. The zero-order chi connectivity index (χ0) is 11.2. The molecule has 3 atom stereocenters. The Morgan fingerprint density at radius 2 is 2.06 bits per heavy atom. The van der Waals surface area contributed by atoms with E-state index in [0.29, 0.717) is 0 Å². The van der Waals surface area contributed by atoms with Crippen molar-refractivity contribution in [2.75, 3.05) is 26.2 Å². The van der Waals surface area contributed by atoms with E-state index in [1.807, 2.05) is 0 Å². The Morgan fingerprint density at radius 1 is 1.06 bits per heavy atom. The summed E-state index contributed by atoms with van der Waals surface area (Å²) in [5, 5.41) is 0. The van der Waals surface area contributed by atoms with Gasteiger partial charge in [0.15, 0.2) is 0 Å². The largest absolute Gasteiger partial charge is 0.374 e. The van der Waals surface area contributed by atoms with Crippen LogP contribution in [0.2, 0.25) is 0 Å². The third kappa shape index (κ3) is 1.64. The van der Waals surface area contributed by atoms with E-state index in [9.17, 15) is 0 Å². The minimum atomic E-state index is 0.878. The summed E-state index contributed by atoms with van der Waals surface area (Å²) in [6.45, 7) is 5.45. The third-order valence-corrected chi connectivity index (χ3v) is 5.47. The van der Waals surface area contributed by atoms with Gasteiger partial charge in [-0.05, 0) is 44.6 Å². The van der Waals surface area contributed by atoms with Crippen LogP contribution in [0.4, 0.5) is 0 Å². The molecule has 2 bridgehead atoms. The lowest BCUT2D eigenvalue weighted by Gasteiger charge is -2.54. The van der Waals surface area contributed by atoms with Gasteiger partial charge in [0, 0.05) is 37.3 Å². The van der Waals surface area contributed by atoms with Crippen LogP contribution in [0.3, 0.4) is 0 Å². The van der Waals surface area contributed by atoms with Crippen molar-refractivity contribution >= 4 is 0 Å². The summed E-state index contributed by atoms with van der Waals surface area (Å²) in [5.41, 5.74) is 1.72. The summed E-state index contributed by atoms with van der Waals surface area (Å²) in [4.78, 5) is 5.56. The second kappa shape index (κ2) is 4.01. The number of fused-ring (bicyclic) bond motifs is 6. The maximum Gasteiger partial charge on any atom is 0.0218 e. The average Bonchev–Trinajstić information content (AvgIpc) is 2.39. The van der Waals surface area contributed by atoms with Gasteiger partial charge in [0.25, 0.3) is 0 Å². The van der Waals surface area contributed by atoms with Crippen LogP contribution in [0.5, 0.6) is 0 Å². The first kappa shape index (κ1) is 10.4. The quantitative estimate of drug-likeness (QED) is 0.633. The van der Waals surface area contributed by atoms with Crippen molar-refractivity contribution in [1.82, 2.24) is 9.80 Å². The normalized spacial score (nSPS) is 41.5. The third-order valence-electron chi connectivity index (χ3n) is 5.47. The lowest BCUT2D eigenvalue weighted by molar-refractivity contribution is -0.00969. The molecule has 3 saturated heterocycles. The molecule has 0 aromatic heterocycles. The van der Waals surface area contributed by atoms with Crippen LogP contribution in [0, 0.1) is 11.8 Å². The summed E-state index contributed by atoms with van der Waals surface area (Å²) >= 11 is 0. The summed E-state index contributed by atoms with van der Waals surface area (Å²) in [6.07, 6.45) is 11.2. The highest BCUT2D eigenvalue weighted by Gasteiger charge is 2.43. The summed E-state index contributed by atoms with van der Waals surface area (Å²) in [5.74, 6) is 1.85. The van der Waals surface area contributed by atoms with Crippen LogP contribution in [0.1, 0.15) is 38.5 Å². The Kier molecular flexibility index (Phi) is 2.46. The van der Waals surface area contributed by atoms with E-state index in [1.165, 1.54) is 64.7 Å². The van der Waals surface area contributed by atoms with Crippen molar-refractivity contribution in [2.24, 2.45) is 11.8 Å². The van der Waals surface area contributed by atoms with Gasteiger partial charge in [0.1, 0.15) is 0 Å². The Balaban J connectivity index is 1.62. The second-order valence-electron chi connectivity index (χ2n) is 6.47. The lowest BCUT2D eigenvalue weighted by Crippen LogP contribution is -2.58. The molecule has 17 heavy (non-hydrogen) atoms.